The molecule has 2 aromatic rings. The van der Waals surface area contributed by atoms with Crippen LogP contribution in [0.15, 0.2) is 53.7 Å². The average molecular weight is 319 g/mol. The standard InChI is InChI=1S/C17H18FNO4/c1-21-12-15(20)10-19-23-17-8-14(18)7-16(9-17)22-11-13-5-3-2-4-6-13/h2-10,15,20H,11-12H2,1H3/b19-10+. The van der Waals surface area contributed by atoms with Crippen LogP contribution in [-0.2, 0) is 11.3 Å². The Kier molecular flexibility index (Phi) is 6.53. The van der Waals surface area contributed by atoms with Crippen LogP contribution in [0.5, 0.6) is 11.5 Å². The number of halogens is 1. The van der Waals surface area contributed by atoms with E-state index in [1.165, 1.54) is 31.5 Å². The molecule has 2 aromatic carbocycles. The van der Waals surface area contributed by atoms with E-state index in [-0.39, 0.29) is 12.4 Å². The van der Waals surface area contributed by atoms with Gasteiger partial charge in [-0.3, -0.25) is 0 Å². The van der Waals surface area contributed by atoms with Crippen molar-refractivity contribution in [3.05, 3.63) is 59.9 Å². The van der Waals surface area contributed by atoms with Gasteiger partial charge in [-0.1, -0.05) is 35.5 Å². The first-order valence-electron chi connectivity index (χ1n) is 7.02. The van der Waals surface area contributed by atoms with Crippen molar-refractivity contribution in [2.75, 3.05) is 13.7 Å². The molecule has 0 amide bonds. The molecule has 0 bridgehead atoms. The van der Waals surface area contributed by atoms with Gasteiger partial charge in [-0.25, -0.2) is 4.39 Å². The molecular formula is C17H18FNO4. The third-order valence-electron chi connectivity index (χ3n) is 2.82. The summed E-state index contributed by atoms with van der Waals surface area (Å²) in [5.74, 6) is 0.00335. The molecule has 0 saturated carbocycles. The van der Waals surface area contributed by atoms with E-state index in [4.69, 9.17) is 14.3 Å². The maximum atomic E-state index is 13.6. The first-order valence-corrected chi connectivity index (χ1v) is 7.02. The van der Waals surface area contributed by atoms with Gasteiger partial charge in [0.25, 0.3) is 0 Å². The molecule has 0 radical (unpaired) electrons. The highest BCUT2D eigenvalue weighted by atomic mass is 19.1. The number of methoxy groups -OCH3 is 1. The molecule has 1 atom stereocenters. The summed E-state index contributed by atoms with van der Waals surface area (Å²) in [5, 5.41) is 13.0. The predicted molar refractivity (Wildman–Crippen MR) is 84.2 cm³/mol. The van der Waals surface area contributed by atoms with Crippen LogP contribution in [0.25, 0.3) is 0 Å². The maximum Gasteiger partial charge on any atom is 0.164 e. The van der Waals surface area contributed by atoms with Gasteiger partial charge in [-0.15, -0.1) is 0 Å². The highest BCUT2D eigenvalue weighted by molar-refractivity contribution is 5.62. The maximum absolute atomic E-state index is 13.6. The summed E-state index contributed by atoms with van der Waals surface area (Å²) in [4.78, 5) is 5.03. The summed E-state index contributed by atoms with van der Waals surface area (Å²) in [6, 6.07) is 13.5. The molecule has 122 valence electrons. The summed E-state index contributed by atoms with van der Waals surface area (Å²) in [6.07, 6.45) is 0.279. The Bertz CT molecular complexity index is 634. The second-order valence-electron chi connectivity index (χ2n) is 4.77. The predicted octanol–water partition coefficient (Wildman–Crippen LogP) is 2.78. The van der Waals surface area contributed by atoms with Gasteiger partial charge < -0.3 is 19.4 Å². The quantitative estimate of drug-likeness (QED) is 0.600. The molecule has 0 aliphatic rings. The van der Waals surface area contributed by atoms with Crippen LogP contribution in [0, 0.1) is 5.82 Å². The van der Waals surface area contributed by atoms with Crippen molar-refractivity contribution in [3.63, 3.8) is 0 Å². The van der Waals surface area contributed by atoms with Crippen LogP contribution in [0.3, 0.4) is 0 Å². The largest absolute Gasteiger partial charge is 0.489 e. The minimum absolute atomic E-state index is 0.0987. The third kappa shape index (κ3) is 6.06. The van der Waals surface area contributed by atoms with Crippen LogP contribution in [0.1, 0.15) is 5.56 Å². The Morgan fingerprint density at radius 2 is 1.91 bits per heavy atom. The number of hydrogen-bond donors (Lipinski definition) is 1. The van der Waals surface area contributed by atoms with Crippen LogP contribution in [0.4, 0.5) is 4.39 Å². The Balaban J connectivity index is 1.95. The molecular weight excluding hydrogens is 301 g/mol. The Morgan fingerprint density at radius 1 is 1.17 bits per heavy atom. The topological polar surface area (TPSA) is 60.3 Å². The second kappa shape index (κ2) is 8.87. The van der Waals surface area contributed by atoms with E-state index in [0.717, 1.165) is 5.56 Å². The van der Waals surface area contributed by atoms with Crippen molar-refractivity contribution in [2.45, 2.75) is 12.7 Å². The summed E-state index contributed by atoms with van der Waals surface area (Å²) >= 11 is 0. The average Bonchev–Trinajstić information content (AvgIpc) is 2.54. The zero-order valence-electron chi connectivity index (χ0n) is 12.7. The number of aliphatic hydroxyl groups is 1. The summed E-state index contributed by atoms with van der Waals surface area (Å²) in [5.41, 5.74) is 0.972. The van der Waals surface area contributed by atoms with Crippen molar-refractivity contribution in [1.29, 1.82) is 0 Å². The normalized spacial score (nSPS) is 12.3. The van der Waals surface area contributed by atoms with Crippen LogP contribution >= 0.6 is 0 Å². The first-order chi connectivity index (χ1) is 11.2. The second-order valence-corrected chi connectivity index (χ2v) is 4.77. The van der Waals surface area contributed by atoms with E-state index in [9.17, 15) is 9.50 Å². The number of rotatable bonds is 8. The van der Waals surface area contributed by atoms with E-state index in [2.05, 4.69) is 5.16 Å². The third-order valence-corrected chi connectivity index (χ3v) is 2.82. The van der Waals surface area contributed by atoms with Crippen LogP contribution < -0.4 is 9.57 Å². The van der Waals surface area contributed by atoms with E-state index in [1.807, 2.05) is 30.3 Å². The number of nitrogens with zero attached hydrogens (tertiary/aromatic N) is 1. The van der Waals surface area contributed by atoms with Gasteiger partial charge in [0.1, 0.15) is 24.3 Å². The fourth-order valence-corrected chi connectivity index (χ4v) is 1.79. The Labute approximate surface area is 133 Å². The van der Waals surface area contributed by atoms with E-state index >= 15 is 0 Å². The minimum Gasteiger partial charge on any atom is -0.489 e. The lowest BCUT2D eigenvalue weighted by molar-refractivity contribution is 0.105. The van der Waals surface area contributed by atoms with Crippen molar-refractivity contribution in [1.82, 2.24) is 0 Å². The van der Waals surface area contributed by atoms with E-state index in [1.54, 1.807) is 0 Å². The monoisotopic (exact) mass is 319 g/mol. The van der Waals surface area contributed by atoms with Gasteiger partial charge in [-0.05, 0) is 5.56 Å². The molecule has 0 aliphatic carbocycles. The molecule has 5 nitrogen and oxygen atoms in total. The molecule has 0 aliphatic heterocycles. The molecule has 1 unspecified atom stereocenters. The van der Waals surface area contributed by atoms with Crippen LogP contribution in [-0.4, -0.2) is 31.1 Å². The SMILES string of the molecule is COCC(O)/C=N/Oc1cc(F)cc(OCc2ccccc2)c1. The van der Waals surface area contributed by atoms with Crippen molar-refractivity contribution in [2.24, 2.45) is 5.16 Å². The van der Waals surface area contributed by atoms with Gasteiger partial charge in [0.05, 0.1) is 12.8 Å². The van der Waals surface area contributed by atoms with Crippen molar-refractivity contribution < 1.29 is 23.8 Å². The Morgan fingerprint density at radius 3 is 2.65 bits per heavy atom. The van der Waals surface area contributed by atoms with Gasteiger partial charge in [0.15, 0.2) is 5.75 Å². The van der Waals surface area contributed by atoms with E-state index < -0.39 is 11.9 Å². The van der Waals surface area contributed by atoms with Crippen LogP contribution in [0.2, 0.25) is 0 Å². The smallest absolute Gasteiger partial charge is 0.164 e. The summed E-state index contributed by atoms with van der Waals surface area (Å²) in [6.45, 7) is 0.418. The fourth-order valence-electron chi connectivity index (χ4n) is 1.79. The Hall–Kier alpha value is -2.44. The summed E-state index contributed by atoms with van der Waals surface area (Å²) in [7, 11) is 1.46. The number of ether oxygens (including phenoxy) is 2. The number of aliphatic hydroxyl groups excluding tert-OH is 1. The minimum atomic E-state index is -0.887. The van der Waals surface area contributed by atoms with Gasteiger partial charge >= 0.3 is 0 Å². The molecule has 0 aromatic heterocycles. The number of oxime groups is 1. The van der Waals surface area contributed by atoms with Gasteiger partial charge in [-0.2, -0.15) is 0 Å². The zero-order chi connectivity index (χ0) is 16.5. The first kappa shape index (κ1) is 16.9. The van der Waals surface area contributed by atoms with Crippen molar-refractivity contribution >= 4 is 6.21 Å². The summed E-state index contributed by atoms with van der Waals surface area (Å²) < 4.78 is 23.9. The zero-order valence-corrected chi connectivity index (χ0v) is 12.7. The van der Waals surface area contributed by atoms with Crippen molar-refractivity contribution in [3.8, 4) is 11.5 Å². The highest BCUT2D eigenvalue weighted by Gasteiger charge is 2.04. The molecule has 0 fully saturated rings. The molecule has 0 spiro atoms. The molecule has 2 rings (SSSR count). The number of hydrogen-bond acceptors (Lipinski definition) is 5. The van der Waals surface area contributed by atoms with Gasteiger partial charge in [0.2, 0.25) is 0 Å². The lowest BCUT2D eigenvalue weighted by Crippen LogP contribution is -2.15. The van der Waals surface area contributed by atoms with Gasteiger partial charge in [0, 0.05) is 25.3 Å². The molecule has 0 saturated heterocycles. The lowest BCUT2D eigenvalue weighted by Gasteiger charge is -2.08. The van der Waals surface area contributed by atoms with E-state index in [0.29, 0.717) is 12.4 Å². The molecule has 1 N–H and O–H groups in total. The fraction of sp³-hybridized carbons (Fsp3) is 0.235. The molecule has 6 heteroatoms. The number of benzene rings is 2. The molecule has 0 heterocycles. The lowest BCUT2D eigenvalue weighted by atomic mass is 10.2. The molecule has 23 heavy (non-hydrogen) atoms. The highest BCUT2D eigenvalue weighted by Crippen LogP contribution is 2.23.